The van der Waals surface area contributed by atoms with Crippen LogP contribution in [-0.4, -0.2) is 0 Å². The van der Waals surface area contributed by atoms with Crippen molar-refractivity contribution in [3.05, 3.63) is 64.6 Å². The molecule has 2 aromatic rings. The minimum absolute atomic E-state index is 0.851. The van der Waals surface area contributed by atoms with Gasteiger partial charge in [-0.2, -0.15) is 0 Å². The molecule has 0 radical (unpaired) electrons. The van der Waals surface area contributed by atoms with Crippen LogP contribution in [0.4, 0.5) is 5.69 Å². The molecule has 1 N–H and O–H groups in total. The van der Waals surface area contributed by atoms with Crippen molar-refractivity contribution in [2.75, 3.05) is 5.32 Å². The lowest BCUT2D eigenvalue weighted by atomic mass is 10.2. The summed E-state index contributed by atoms with van der Waals surface area (Å²) < 4.78 is 1.12. The predicted octanol–water partition coefficient (Wildman–Crippen LogP) is 4.06. The Morgan fingerprint density at radius 3 is 2.47 bits per heavy atom. The van der Waals surface area contributed by atoms with Crippen LogP contribution in [-0.2, 0) is 6.54 Å². The van der Waals surface area contributed by atoms with Gasteiger partial charge in [0.25, 0.3) is 0 Å². The molecule has 0 fully saturated rings. The summed E-state index contributed by atoms with van der Waals surface area (Å²) in [6.45, 7) is 0.851. The van der Waals surface area contributed by atoms with E-state index in [1.54, 1.807) is 0 Å². The van der Waals surface area contributed by atoms with Crippen LogP contribution in [0.5, 0.6) is 0 Å². The molecule has 0 atom stereocenters. The molecule has 2 heteroatoms. The highest BCUT2D eigenvalue weighted by atomic mass is 79.9. The van der Waals surface area contributed by atoms with E-state index >= 15 is 0 Å². The average molecular weight is 262 g/mol. The number of hydrogen-bond donors (Lipinski definition) is 1. The standard InChI is InChI=1S/C13H12BrN/c14-12-6-4-5-11(9-12)10-15-13-7-2-1-3-8-13/h1-9,15H,10H2. The van der Waals surface area contributed by atoms with E-state index in [0.717, 1.165) is 16.7 Å². The summed E-state index contributed by atoms with van der Waals surface area (Å²) in [5.74, 6) is 0. The maximum atomic E-state index is 3.46. The minimum Gasteiger partial charge on any atom is -0.381 e. The molecule has 0 spiro atoms. The fourth-order valence-corrected chi connectivity index (χ4v) is 1.85. The molecule has 0 bridgehead atoms. The van der Waals surface area contributed by atoms with Crippen LogP contribution in [0.1, 0.15) is 5.56 Å². The first-order valence-corrected chi connectivity index (χ1v) is 5.67. The molecule has 2 aromatic carbocycles. The van der Waals surface area contributed by atoms with E-state index < -0.39 is 0 Å². The Kier molecular flexibility index (Phi) is 3.41. The van der Waals surface area contributed by atoms with E-state index in [1.807, 2.05) is 30.3 Å². The third-order valence-electron chi connectivity index (χ3n) is 2.16. The zero-order valence-corrected chi connectivity index (χ0v) is 9.87. The summed E-state index contributed by atoms with van der Waals surface area (Å²) in [7, 11) is 0. The molecule has 0 saturated heterocycles. The predicted molar refractivity (Wildman–Crippen MR) is 67.9 cm³/mol. The maximum absolute atomic E-state index is 3.46. The van der Waals surface area contributed by atoms with Gasteiger partial charge in [-0.3, -0.25) is 0 Å². The maximum Gasteiger partial charge on any atom is 0.0401 e. The van der Waals surface area contributed by atoms with Gasteiger partial charge in [0, 0.05) is 16.7 Å². The van der Waals surface area contributed by atoms with Crippen LogP contribution in [0, 0.1) is 0 Å². The van der Waals surface area contributed by atoms with E-state index in [4.69, 9.17) is 0 Å². The normalized spacial score (nSPS) is 9.93. The van der Waals surface area contributed by atoms with Crippen LogP contribution in [0.15, 0.2) is 59.1 Å². The van der Waals surface area contributed by atoms with Gasteiger partial charge < -0.3 is 5.32 Å². The Labute approximate surface area is 98.3 Å². The number of anilines is 1. The Morgan fingerprint density at radius 1 is 0.933 bits per heavy atom. The van der Waals surface area contributed by atoms with Crippen molar-refractivity contribution in [2.24, 2.45) is 0 Å². The fourth-order valence-electron chi connectivity index (χ4n) is 1.41. The van der Waals surface area contributed by atoms with Gasteiger partial charge in [-0.15, -0.1) is 0 Å². The number of rotatable bonds is 3. The molecular weight excluding hydrogens is 250 g/mol. The summed E-state index contributed by atoms with van der Waals surface area (Å²) in [5.41, 5.74) is 2.42. The topological polar surface area (TPSA) is 12.0 Å². The Balaban J connectivity index is 1.99. The van der Waals surface area contributed by atoms with E-state index in [2.05, 4.69) is 45.5 Å². The summed E-state index contributed by atoms with van der Waals surface area (Å²) in [4.78, 5) is 0. The monoisotopic (exact) mass is 261 g/mol. The number of hydrogen-bond acceptors (Lipinski definition) is 1. The summed E-state index contributed by atoms with van der Waals surface area (Å²) in [6, 6.07) is 18.5. The smallest absolute Gasteiger partial charge is 0.0401 e. The number of benzene rings is 2. The molecule has 76 valence electrons. The first-order chi connectivity index (χ1) is 7.34. The Morgan fingerprint density at radius 2 is 1.73 bits per heavy atom. The van der Waals surface area contributed by atoms with Gasteiger partial charge in [0.1, 0.15) is 0 Å². The van der Waals surface area contributed by atoms with Gasteiger partial charge in [0.15, 0.2) is 0 Å². The molecule has 0 aliphatic rings. The second kappa shape index (κ2) is 4.99. The highest BCUT2D eigenvalue weighted by Crippen LogP contribution is 2.13. The summed E-state index contributed by atoms with van der Waals surface area (Å²) in [6.07, 6.45) is 0. The molecule has 0 unspecified atom stereocenters. The van der Waals surface area contributed by atoms with E-state index in [0.29, 0.717) is 0 Å². The van der Waals surface area contributed by atoms with E-state index in [9.17, 15) is 0 Å². The van der Waals surface area contributed by atoms with Gasteiger partial charge in [-0.05, 0) is 29.8 Å². The molecule has 2 rings (SSSR count). The van der Waals surface area contributed by atoms with Crippen LogP contribution in [0.3, 0.4) is 0 Å². The summed E-state index contributed by atoms with van der Waals surface area (Å²) in [5, 5.41) is 3.37. The zero-order chi connectivity index (χ0) is 10.5. The molecule has 0 heterocycles. The molecular formula is C13H12BrN. The third kappa shape index (κ3) is 3.10. The first kappa shape index (κ1) is 10.2. The molecule has 0 aliphatic carbocycles. The zero-order valence-electron chi connectivity index (χ0n) is 8.28. The SMILES string of the molecule is Brc1cccc(CNc2ccccc2)c1. The number of halogens is 1. The highest BCUT2D eigenvalue weighted by Gasteiger charge is 1.93. The minimum atomic E-state index is 0.851. The molecule has 0 aliphatic heterocycles. The van der Waals surface area contributed by atoms with Gasteiger partial charge >= 0.3 is 0 Å². The highest BCUT2D eigenvalue weighted by molar-refractivity contribution is 9.10. The van der Waals surface area contributed by atoms with E-state index in [1.165, 1.54) is 5.56 Å². The Hall–Kier alpha value is -1.28. The van der Waals surface area contributed by atoms with Crippen molar-refractivity contribution in [3.8, 4) is 0 Å². The lowest BCUT2D eigenvalue weighted by molar-refractivity contribution is 1.15. The van der Waals surface area contributed by atoms with Crippen molar-refractivity contribution in [3.63, 3.8) is 0 Å². The quantitative estimate of drug-likeness (QED) is 0.879. The Bertz CT molecular complexity index is 426. The molecule has 1 nitrogen and oxygen atoms in total. The van der Waals surface area contributed by atoms with Crippen molar-refractivity contribution >= 4 is 21.6 Å². The average Bonchev–Trinajstić information content (AvgIpc) is 2.28. The van der Waals surface area contributed by atoms with Crippen molar-refractivity contribution < 1.29 is 0 Å². The fraction of sp³-hybridized carbons (Fsp3) is 0.0769. The lowest BCUT2D eigenvalue weighted by Crippen LogP contribution is -1.98. The third-order valence-corrected chi connectivity index (χ3v) is 2.65. The first-order valence-electron chi connectivity index (χ1n) is 4.88. The molecule has 0 aromatic heterocycles. The van der Waals surface area contributed by atoms with Crippen molar-refractivity contribution in [1.82, 2.24) is 0 Å². The second-order valence-corrected chi connectivity index (χ2v) is 4.27. The van der Waals surface area contributed by atoms with Crippen molar-refractivity contribution in [2.45, 2.75) is 6.54 Å². The van der Waals surface area contributed by atoms with Crippen LogP contribution >= 0.6 is 15.9 Å². The summed E-state index contributed by atoms with van der Waals surface area (Å²) >= 11 is 3.46. The largest absolute Gasteiger partial charge is 0.381 e. The van der Waals surface area contributed by atoms with Gasteiger partial charge in [0.2, 0.25) is 0 Å². The van der Waals surface area contributed by atoms with E-state index in [-0.39, 0.29) is 0 Å². The molecule has 0 saturated carbocycles. The second-order valence-electron chi connectivity index (χ2n) is 3.35. The molecule has 15 heavy (non-hydrogen) atoms. The van der Waals surface area contributed by atoms with Crippen molar-refractivity contribution in [1.29, 1.82) is 0 Å². The van der Waals surface area contributed by atoms with Gasteiger partial charge in [-0.25, -0.2) is 0 Å². The van der Waals surface area contributed by atoms with Gasteiger partial charge in [-0.1, -0.05) is 46.3 Å². The number of para-hydroxylation sites is 1. The number of nitrogens with one attached hydrogen (secondary N) is 1. The van der Waals surface area contributed by atoms with Gasteiger partial charge in [0.05, 0.1) is 0 Å². The lowest BCUT2D eigenvalue weighted by Gasteiger charge is -2.06. The van der Waals surface area contributed by atoms with Crippen LogP contribution in [0.25, 0.3) is 0 Å². The van der Waals surface area contributed by atoms with Crippen LogP contribution in [0.2, 0.25) is 0 Å². The molecule has 0 amide bonds. The van der Waals surface area contributed by atoms with Crippen LogP contribution < -0.4 is 5.32 Å².